The maximum absolute atomic E-state index is 10.5. The first-order valence-electron chi connectivity index (χ1n) is 5.13. The number of nitrogens with zero attached hydrogens (tertiary/aromatic N) is 1. The van der Waals surface area contributed by atoms with Crippen LogP contribution >= 0.6 is 0 Å². The molecule has 0 aliphatic rings. The lowest BCUT2D eigenvalue weighted by atomic mass is 10.3. The standard InChI is InChI=1S/C12H11NO5/c1-16-9-2-4-10(5-3-9)17-6-8-7-18-11(13-8)12(14)15/h2-5,7H,6H2,1H3,(H,14,15). The lowest BCUT2D eigenvalue weighted by Gasteiger charge is -2.04. The molecule has 1 N–H and O–H groups in total. The van der Waals surface area contributed by atoms with Crippen molar-refractivity contribution < 1.29 is 23.8 Å². The third-order valence-electron chi connectivity index (χ3n) is 2.18. The molecule has 0 unspecified atom stereocenters. The van der Waals surface area contributed by atoms with Crippen LogP contribution < -0.4 is 9.47 Å². The average molecular weight is 249 g/mol. The van der Waals surface area contributed by atoms with E-state index >= 15 is 0 Å². The second kappa shape index (κ2) is 5.22. The highest BCUT2D eigenvalue weighted by molar-refractivity contribution is 5.82. The first kappa shape index (κ1) is 12.0. The Balaban J connectivity index is 1.95. The van der Waals surface area contributed by atoms with E-state index in [1.165, 1.54) is 6.26 Å². The zero-order valence-corrected chi connectivity index (χ0v) is 9.62. The molecule has 1 aromatic carbocycles. The van der Waals surface area contributed by atoms with Gasteiger partial charge in [0, 0.05) is 0 Å². The van der Waals surface area contributed by atoms with Gasteiger partial charge < -0.3 is 19.0 Å². The van der Waals surface area contributed by atoms with Gasteiger partial charge in [-0.3, -0.25) is 0 Å². The molecule has 94 valence electrons. The Kier molecular flexibility index (Phi) is 3.47. The van der Waals surface area contributed by atoms with Crippen LogP contribution in [0.15, 0.2) is 34.9 Å². The summed E-state index contributed by atoms with van der Waals surface area (Å²) in [5, 5.41) is 8.63. The van der Waals surface area contributed by atoms with Gasteiger partial charge in [0.1, 0.15) is 30.1 Å². The third kappa shape index (κ3) is 2.79. The Morgan fingerprint density at radius 1 is 1.33 bits per heavy atom. The number of rotatable bonds is 5. The quantitative estimate of drug-likeness (QED) is 0.872. The Hall–Kier alpha value is -2.50. The molecule has 6 nitrogen and oxygen atoms in total. The van der Waals surface area contributed by atoms with E-state index < -0.39 is 5.97 Å². The van der Waals surface area contributed by atoms with Gasteiger partial charge in [0.15, 0.2) is 0 Å². The Bertz CT molecular complexity index is 532. The Labute approximate surface area is 103 Å². The van der Waals surface area contributed by atoms with E-state index in [4.69, 9.17) is 19.0 Å². The molecular formula is C12H11NO5. The van der Waals surface area contributed by atoms with Crippen LogP contribution in [0.1, 0.15) is 16.4 Å². The summed E-state index contributed by atoms with van der Waals surface area (Å²) in [5.41, 5.74) is 0.420. The highest BCUT2D eigenvalue weighted by Gasteiger charge is 2.11. The number of methoxy groups -OCH3 is 1. The molecule has 0 bridgehead atoms. The highest BCUT2D eigenvalue weighted by Crippen LogP contribution is 2.18. The van der Waals surface area contributed by atoms with Crippen molar-refractivity contribution in [2.24, 2.45) is 0 Å². The summed E-state index contributed by atoms with van der Waals surface area (Å²) in [6.45, 7) is 0.142. The summed E-state index contributed by atoms with van der Waals surface area (Å²) >= 11 is 0. The fourth-order valence-electron chi connectivity index (χ4n) is 1.30. The summed E-state index contributed by atoms with van der Waals surface area (Å²) in [6, 6.07) is 7.02. The van der Waals surface area contributed by atoms with Gasteiger partial charge in [-0.2, -0.15) is 0 Å². The van der Waals surface area contributed by atoms with Gasteiger partial charge in [0.25, 0.3) is 0 Å². The van der Waals surface area contributed by atoms with Gasteiger partial charge >= 0.3 is 11.9 Å². The summed E-state index contributed by atoms with van der Waals surface area (Å²) in [7, 11) is 1.58. The van der Waals surface area contributed by atoms with E-state index in [1.54, 1.807) is 31.4 Å². The van der Waals surface area contributed by atoms with Crippen molar-refractivity contribution in [2.75, 3.05) is 7.11 Å². The molecule has 1 heterocycles. The number of oxazole rings is 1. The van der Waals surface area contributed by atoms with Crippen LogP contribution in [0.4, 0.5) is 0 Å². The summed E-state index contributed by atoms with van der Waals surface area (Å²) in [6.07, 6.45) is 1.26. The van der Waals surface area contributed by atoms with Gasteiger partial charge in [0.05, 0.1) is 7.11 Å². The molecule has 2 aromatic rings. The van der Waals surface area contributed by atoms with Crippen molar-refractivity contribution in [3.05, 3.63) is 42.1 Å². The first-order valence-corrected chi connectivity index (χ1v) is 5.13. The van der Waals surface area contributed by atoms with E-state index in [0.717, 1.165) is 5.75 Å². The van der Waals surface area contributed by atoms with Crippen LogP contribution in [-0.4, -0.2) is 23.2 Å². The van der Waals surface area contributed by atoms with Gasteiger partial charge in [-0.1, -0.05) is 0 Å². The molecule has 0 aliphatic carbocycles. The molecule has 0 saturated carbocycles. The number of carboxylic acids is 1. The molecule has 0 atom stereocenters. The third-order valence-corrected chi connectivity index (χ3v) is 2.18. The minimum atomic E-state index is -1.20. The van der Waals surface area contributed by atoms with Gasteiger partial charge in [-0.05, 0) is 24.3 Å². The van der Waals surface area contributed by atoms with Crippen LogP contribution in [0.2, 0.25) is 0 Å². The molecule has 0 saturated heterocycles. The molecule has 0 amide bonds. The number of hydrogen-bond acceptors (Lipinski definition) is 5. The predicted molar refractivity (Wildman–Crippen MR) is 60.8 cm³/mol. The lowest BCUT2D eigenvalue weighted by molar-refractivity contribution is 0.0653. The number of ether oxygens (including phenoxy) is 2. The zero-order chi connectivity index (χ0) is 13.0. The van der Waals surface area contributed by atoms with Crippen molar-refractivity contribution in [2.45, 2.75) is 6.61 Å². The Morgan fingerprint density at radius 3 is 2.56 bits per heavy atom. The van der Waals surface area contributed by atoms with Crippen molar-refractivity contribution >= 4 is 5.97 Å². The van der Waals surface area contributed by atoms with Crippen molar-refractivity contribution in [3.8, 4) is 11.5 Å². The van der Waals surface area contributed by atoms with Gasteiger partial charge in [0.2, 0.25) is 0 Å². The molecule has 6 heteroatoms. The van der Waals surface area contributed by atoms with E-state index in [1.807, 2.05) is 0 Å². The maximum atomic E-state index is 10.5. The van der Waals surface area contributed by atoms with Crippen molar-refractivity contribution in [1.29, 1.82) is 0 Å². The fourth-order valence-corrected chi connectivity index (χ4v) is 1.30. The van der Waals surface area contributed by atoms with E-state index in [0.29, 0.717) is 11.4 Å². The second-order valence-corrected chi connectivity index (χ2v) is 3.41. The van der Waals surface area contributed by atoms with E-state index in [2.05, 4.69) is 4.98 Å². The summed E-state index contributed by atoms with van der Waals surface area (Å²) in [5.74, 6) is -0.179. The molecular weight excluding hydrogens is 238 g/mol. The number of aromatic carboxylic acids is 1. The molecule has 0 aliphatic heterocycles. The number of hydrogen-bond donors (Lipinski definition) is 1. The fraction of sp³-hybridized carbons (Fsp3) is 0.167. The number of benzene rings is 1. The van der Waals surface area contributed by atoms with Crippen LogP contribution in [-0.2, 0) is 6.61 Å². The molecule has 1 aromatic heterocycles. The van der Waals surface area contributed by atoms with Crippen LogP contribution in [0.25, 0.3) is 0 Å². The number of carboxylic acid groups (broad SMARTS) is 1. The van der Waals surface area contributed by atoms with Crippen LogP contribution in [0, 0.1) is 0 Å². The molecule has 2 rings (SSSR count). The molecule has 0 fully saturated rings. The van der Waals surface area contributed by atoms with Gasteiger partial charge in [-0.25, -0.2) is 9.78 Å². The van der Waals surface area contributed by atoms with E-state index in [9.17, 15) is 4.79 Å². The number of carbonyl (C=O) groups is 1. The topological polar surface area (TPSA) is 81.8 Å². The minimum absolute atomic E-state index is 0.142. The Morgan fingerprint density at radius 2 is 2.00 bits per heavy atom. The summed E-state index contributed by atoms with van der Waals surface area (Å²) in [4.78, 5) is 14.3. The number of aromatic nitrogens is 1. The maximum Gasteiger partial charge on any atom is 0.392 e. The largest absolute Gasteiger partial charge is 0.497 e. The average Bonchev–Trinajstić information content (AvgIpc) is 2.86. The highest BCUT2D eigenvalue weighted by atomic mass is 16.5. The van der Waals surface area contributed by atoms with Crippen LogP contribution in [0.3, 0.4) is 0 Å². The first-order chi connectivity index (χ1) is 8.69. The normalized spacial score (nSPS) is 10.1. The molecule has 0 spiro atoms. The van der Waals surface area contributed by atoms with Crippen molar-refractivity contribution in [3.63, 3.8) is 0 Å². The second-order valence-electron chi connectivity index (χ2n) is 3.41. The smallest absolute Gasteiger partial charge is 0.392 e. The molecule has 18 heavy (non-hydrogen) atoms. The monoisotopic (exact) mass is 249 g/mol. The zero-order valence-electron chi connectivity index (χ0n) is 9.62. The predicted octanol–water partition coefficient (Wildman–Crippen LogP) is 1.96. The van der Waals surface area contributed by atoms with Crippen LogP contribution in [0.5, 0.6) is 11.5 Å². The molecule has 0 radical (unpaired) electrons. The minimum Gasteiger partial charge on any atom is -0.497 e. The SMILES string of the molecule is COc1ccc(OCc2coc(C(=O)O)n2)cc1. The summed E-state index contributed by atoms with van der Waals surface area (Å²) < 4.78 is 15.2. The van der Waals surface area contributed by atoms with E-state index in [-0.39, 0.29) is 12.5 Å². The van der Waals surface area contributed by atoms with Gasteiger partial charge in [-0.15, -0.1) is 0 Å². The van der Waals surface area contributed by atoms with Crippen molar-refractivity contribution in [1.82, 2.24) is 4.98 Å². The lowest BCUT2D eigenvalue weighted by Crippen LogP contribution is -1.99.